The molecule has 0 bridgehead atoms. The van der Waals surface area contributed by atoms with Crippen LogP contribution >= 0.6 is 0 Å². The Morgan fingerprint density at radius 3 is 1.21 bits per heavy atom. The van der Waals surface area contributed by atoms with E-state index in [1.165, 1.54) is 28.4 Å². The number of rotatable bonds is 12. The highest BCUT2D eigenvalue weighted by Gasteiger charge is 2.38. The van der Waals surface area contributed by atoms with Crippen molar-refractivity contribution in [3.05, 3.63) is 95.1 Å². The third-order valence-corrected chi connectivity index (χ3v) is 9.50. The van der Waals surface area contributed by atoms with Gasteiger partial charge in [0.1, 0.15) is 0 Å². The molecule has 6 rings (SSSR count). The molecule has 0 aromatic heterocycles. The van der Waals surface area contributed by atoms with Crippen LogP contribution in [0.4, 0.5) is 0 Å². The summed E-state index contributed by atoms with van der Waals surface area (Å²) in [5, 5.41) is 39.3. The van der Waals surface area contributed by atoms with Gasteiger partial charge in [-0.25, -0.2) is 0 Å². The first kappa shape index (κ1) is 37.5. The van der Waals surface area contributed by atoms with Crippen LogP contribution in [0.5, 0.6) is 46.0 Å². The van der Waals surface area contributed by atoms with Gasteiger partial charge in [0.15, 0.2) is 46.0 Å². The van der Waals surface area contributed by atoms with Gasteiger partial charge in [0.25, 0.3) is 0 Å². The summed E-state index contributed by atoms with van der Waals surface area (Å²) in [5.74, 6) is 0.885. The van der Waals surface area contributed by atoms with E-state index in [-0.39, 0.29) is 58.6 Å². The van der Waals surface area contributed by atoms with Crippen LogP contribution in [-0.4, -0.2) is 74.0 Å². The third-order valence-electron chi connectivity index (χ3n) is 9.50. The molecule has 2 aliphatic heterocycles. The average molecular weight is 717 g/mol. The number of carbonyl (C=O) groups is 2. The fourth-order valence-corrected chi connectivity index (χ4v) is 6.65. The minimum absolute atomic E-state index is 0.000426. The number of phenols is 4. The Bertz CT molecular complexity index is 1870. The van der Waals surface area contributed by atoms with E-state index in [0.29, 0.717) is 61.9 Å². The van der Waals surface area contributed by atoms with Crippen molar-refractivity contribution in [3.8, 4) is 46.0 Å². The lowest BCUT2D eigenvalue weighted by molar-refractivity contribution is -0.142. The average Bonchev–Trinajstić information content (AvgIpc) is 3.66. The number of carbonyl (C=O) groups excluding carboxylic acids is 2. The van der Waals surface area contributed by atoms with Crippen LogP contribution in [0, 0.1) is 23.7 Å². The van der Waals surface area contributed by atoms with Crippen LogP contribution < -0.4 is 18.9 Å². The highest BCUT2D eigenvalue weighted by atomic mass is 16.5. The molecule has 4 N–H and O–H groups in total. The van der Waals surface area contributed by atoms with Crippen molar-refractivity contribution in [2.45, 2.75) is 25.7 Å². The van der Waals surface area contributed by atoms with Crippen molar-refractivity contribution in [1.82, 2.24) is 0 Å². The van der Waals surface area contributed by atoms with E-state index in [0.717, 1.165) is 22.3 Å². The molecule has 0 saturated carbocycles. The second kappa shape index (κ2) is 17.0. The summed E-state index contributed by atoms with van der Waals surface area (Å²) in [7, 11) is 5.98. The Hall–Kier alpha value is -5.78. The first-order valence-electron chi connectivity index (χ1n) is 16.8. The standard InChI is InChI=1S/2C20H22O6/c1-24-18-5-3-12(9-16(18)21)7-14-11-26-20(23)15(14)8-13-4-6-19(25-2)17(22)10-13;1-24-18-9-12(3-5-16(18)21)7-14-11-26-20(23)15(14)8-13-4-6-17(22)19(10-13)25-2/h2*3-6,9-10,14-15,21-22H,7-8,11H2,1-2H3/t2*14-,15+/m00/s1. The summed E-state index contributed by atoms with van der Waals surface area (Å²) < 4.78 is 30.9. The van der Waals surface area contributed by atoms with Crippen molar-refractivity contribution in [1.29, 1.82) is 0 Å². The molecule has 0 radical (unpaired) electrons. The number of benzene rings is 4. The van der Waals surface area contributed by atoms with Gasteiger partial charge in [-0.05, 0) is 96.5 Å². The van der Waals surface area contributed by atoms with Crippen molar-refractivity contribution in [2.24, 2.45) is 23.7 Å². The van der Waals surface area contributed by atoms with Crippen LogP contribution in [0.1, 0.15) is 22.3 Å². The molecule has 2 heterocycles. The monoisotopic (exact) mass is 716 g/mol. The van der Waals surface area contributed by atoms with Crippen LogP contribution in [0.15, 0.2) is 72.8 Å². The Balaban J connectivity index is 0.000000201. The van der Waals surface area contributed by atoms with E-state index in [9.17, 15) is 30.0 Å². The summed E-state index contributed by atoms with van der Waals surface area (Å²) in [6.45, 7) is 0.709. The summed E-state index contributed by atoms with van der Waals surface area (Å²) in [4.78, 5) is 24.4. The first-order valence-corrected chi connectivity index (χ1v) is 16.8. The van der Waals surface area contributed by atoms with E-state index in [2.05, 4.69) is 0 Å². The number of esters is 2. The maximum atomic E-state index is 12.2. The van der Waals surface area contributed by atoms with Gasteiger partial charge < -0.3 is 48.8 Å². The number of hydrogen-bond acceptors (Lipinski definition) is 12. The van der Waals surface area contributed by atoms with Crippen LogP contribution in [-0.2, 0) is 44.7 Å². The van der Waals surface area contributed by atoms with Crippen molar-refractivity contribution < 1.29 is 58.4 Å². The molecule has 4 aromatic carbocycles. The summed E-state index contributed by atoms with van der Waals surface area (Å²) in [6, 6.07) is 20.6. The van der Waals surface area contributed by atoms with Crippen molar-refractivity contribution >= 4 is 11.9 Å². The molecule has 2 saturated heterocycles. The molecule has 276 valence electrons. The molecule has 2 fully saturated rings. The lowest BCUT2D eigenvalue weighted by atomic mass is 9.85. The van der Waals surface area contributed by atoms with E-state index >= 15 is 0 Å². The van der Waals surface area contributed by atoms with Gasteiger partial charge in [-0.15, -0.1) is 0 Å². The highest BCUT2D eigenvalue weighted by Crippen LogP contribution is 2.36. The topological polar surface area (TPSA) is 170 Å². The van der Waals surface area contributed by atoms with Crippen LogP contribution in [0.2, 0.25) is 0 Å². The molecule has 0 aliphatic carbocycles. The number of aromatic hydroxyl groups is 4. The molecule has 0 amide bonds. The van der Waals surface area contributed by atoms with Crippen LogP contribution in [0.25, 0.3) is 0 Å². The van der Waals surface area contributed by atoms with Gasteiger partial charge in [-0.2, -0.15) is 0 Å². The largest absolute Gasteiger partial charge is 0.504 e. The zero-order valence-electron chi connectivity index (χ0n) is 29.5. The number of phenolic OH excluding ortho intramolecular Hbond substituents is 4. The van der Waals surface area contributed by atoms with E-state index in [4.69, 9.17) is 28.4 Å². The predicted molar refractivity (Wildman–Crippen MR) is 189 cm³/mol. The highest BCUT2D eigenvalue weighted by molar-refractivity contribution is 5.76. The number of methoxy groups -OCH3 is 4. The minimum Gasteiger partial charge on any atom is -0.504 e. The maximum absolute atomic E-state index is 12.2. The molecular weight excluding hydrogens is 672 g/mol. The third kappa shape index (κ3) is 8.92. The molecule has 4 aromatic rings. The van der Waals surface area contributed by atoms with E-state index in [1.54, 1.807) is 54.6 Å². The van der Waals surface area contributed by atoms with Gasteiger partial charge in [0.05, 0.1) is 53.5 Å². The molecular formula is C40H44O12. The van der Waals surface area contributed by atoms with E-state index in [1.807, 2.05) is 18.2 Å². The van der Waals surface area contributed by atoms with E-state index < -0.39 is 0 Å². The second-order valence-corrected chi connectivity index (χ2v) is 12.8. The molecule has 4 atom stereocenters. The Labute approximate surface area is 302 Å². The molecule has 52 heavy (non-hydrogen) atoms. The van der Waals surface area contributed by atoms with Gasteiger partial charge >= 0.3 is 11.9 Å². The normalized spacial score (nSPS) is 19.2. The van der Waals surface area contributed by atoms with Crippen molar-refractivity contribution in [2.75, 3.05) is 41.7 Å². The zero-order valence-corrected chi connectivity index (χ0v) is 29.5. The van der Waals surface area contributed by atoms with Crippen molar-refractivity contribution in [3.63, 3.8) is 0 Å². The minimum atomic E-state index is -0.299. The second-order valence-electron chi connectivity index (χ2n) is 12.8. The van der Waals surface area contributed by atoms with Gasteiger partial charge in [0.2, 0.25) is 0 Å². The van der Waals surface area contributed by atoms with Gasteiger partial charge in [-0.3, -0.25) is 9.59 Å². The summed E-state index contributed by atoms with van der Waals surface area (Å²) >= 11 is 0. The molecule has 12 heteroatoms. The molecule has 2 aliphatic rings. The van der Waals surface area contributed by atoms with Gasteiger partial charge in [0, 0.05) is 11.8 Å². The fraction of sp³-hybridized carbons (Fsp3) is 0.350. The SMILES string of the molecule is COc1cc(C[C@H]2COC(=O)[C@@H]2Cc2ccc(O)c(OC)c2)ccc1O.COc1ccc(C[C@H]2COC(=O)[C@@H]2Cc2ccc(OC)c(O)c2)cc1O. The zero-order chi connectivity index (χ0) is 37.4. The quantitative estimate of drug-likeness (QED) is 0.138. The number of cyclic esters (lactones) is 2. The van der Waals surface area contributed by atoms with Crippen LogP contribution in [0.3, 0.4) is 0 Å². The lowest BCUT2D eigenvalue weighted by Gasteiger charge is -2.16. The number of ether oxygens (including phenoxy) is 6. The van der Waals surface area contributed by atoms with Gasteiger partial charge in [-0.1, -0.05) is 24.3 Å². The molecule has 0 spiro atoms. The molecule has 0 unspecified atom stereocenters. The lowest BCUT2D eigenvalue weighted by Crippen LogP contribution is -2.20. The predicted octanol–water partition coefficient (Wildman–Crippen LogP) is 5.38. The fourth-order valence-electron chi connectivity index (χ4n) is 6.65. The maximum Gasteiger partial charge on any atom is 0.309 e. The Kier molecular flexibility index (Phi) is 12.2. The summed E-state index contributed by atoms with van der Waals surface area (Å²) in [6.07, 6.45) is 2.23. The smallest absolute Gasteiger partial charge is 0.309 e. The summed E-state index contributed by atoms with van der Waals surface area (Å²) in [5.41, 5.74) is 3.62. The number of hydrogen-bond donors (Lipinski definition) is 4. The Morgan fingerprint density at radius 1 is 0.481 bits per heavy atom. The Morgan fingerprint density at radius 2 is 0.827 bits per heavy atom. The molecule has 12 nitrogen and oxygen atoms in total. The first-order chi connectivity index (χ1) is 25.0.